The van der Waals surface area contributed by atoms with Gasteiger partial charge in [-0.05, 0) is 25.0 Å². The van der Waals surface area contributed by atoms with Crippen LogP contribution in [0.3, 0.4) is 0 Å². The van der Waals surface area contributed by atoms with E-state index in [0.717, 1.165) is 31.6 Å². The number of hydrogen-bond acceptors (Lipinski definition) is 4. The van der Waals surface area contributed by atoms with E-state index in [1.165, 1.54) is 6.07 Å². The zero-order valence-corrected chi connectivity index (χ0v) is 10.1. The molecule has 3 heterocycles. The zero-order valence-electron chi connectivity index (χ0n) is 10.1. The molecule has 0 aromatic carbocycles. The maximum Gasteiger partial charge on any atom is 0.354 e. The molecule has 0 saturated carbocycles. The number of hydrogen-bond donors (Lipinski definition) is 1. The second-order valence-electron chi connectivity index (χ2n) is 4.97. The average Bonchev–Trinajstić information content (AvgIpc) is 2.69. The highest BCUT2D eigenvalue weighted by molar-refractivity contribution is 5.85. The number of fused-ring (bicyclic) bond motifs is 2. The Bertz CT molecular complexity index is 451. The van der Waals surface area contributed by atoms with Gasteiger partial charge in [0, 0.05) is 19.6 Å². The van der Waals surface area contributed by atoms with E-state index in [-0.39, 0.29) is 5.69 Å². The zero-order chi connectivity index (χ0) is 12.5. The number of aromatic nitrogens is 1. The van der Waals surface area contributed by atoms with Gasteiger partial charge in [-0.2, -0.15) is 0 Å². The summed E-state index contributed by atoms with van der Waals surface area (Å²) in [4.78, 5) is 17.3. The molecular weight excluding hydrogens is 232 g/mol. The summed E-state index contributed by atoms with van der Waals surface area (Å²) in [6, 6.07) is 5.15. The molecule has 2 bridgehead atoms. The Morgan fingerprint density at radius 2 is 2.11 bits per heavy atom. The summed E-state index contributed by atoms with van der Waals surface area (Å²) in [5, 5.41) is 8.91. The van der Waals surface area contributed by atoms with Crippen molar-refractivity contribution >= 4 is 5.97 Å². The number of likely N-dealkylation sites (tertiary alicyclic amines) is 1. The van der Waals surface area contributed by atoms with Crippen LogP contribution in [0.5, 0.6) is 0 Å². The van der Waals surface area contributed by atoms with E-state index in [9.17, 15) is 4.79 Å². The second kappa shape index (κ2) is 4.66. The lowest BCUT2D eigenvalue weighted by atomic mass is 10.2. The number of carbonyl (C=O) groups is 1. The molecule has 1 N–H and O–H groups in total. The van der Waals surface area contributed by atoms with Gasteiger partial charge in [-0.15, -0.1) is 0 Å². The lowest BCUT2D eigenvalue weighted by molar-refractivity contribution is -0.0414. The van der Waals surface area contributed by atoms with Gasteiger partial charge in [0.25, 0.3) is 0 Å². The Balaban J connectivity index is 1.69. The molecule has 0 aliphatic carbocycles. The molecule has 1 aromatic heterocycles. The predicted octanol–water partition coefficient (Wildman–Crippen LogP) is 1.14. The molecule has 0 amide bonds. The minimum Gasteiger partial charge on any atom is -0.477 e. The van der Waals surface area contributed by atoms with Crippen LogP contribution in [0.25, 0.3) is 0 Å². The first kappa shape index (κ1) is 11.6. The smallest absolute Gasteiger partial charge is 0.354 e. The SMILES string of the molecule is O=C(O)c1cccc(CN2CC3CCC(C2)O3)n1. The largest absolute Gasteiger partial charge is 0.477 e. The van der Waals surface area contributed by atoms with Crippen LogP contribution >= 0.6 is 0 Å². The van der Waals surface area contributed by atoms with E-state index >= 15 is 0 Å². The van der Waals surface area contributed by atoms with E-state index < -0.39 is 5.97 Å². The average molecular weight is 248 g/mol. The van der Waals surface area contributed by atoms with Crippen molar-refractivity contribution in [2.75, 3.05) is 13.1 Å². The van der Waals surface area contributed by atoms with Gasteiger partial charge < -0.3 is 9.84 Å². The molecule has 2 saturated heterocycles. The predicted molar refractivity (Wildman–Crippen MR) is 64.4 cm³/mol. The summed E-state index contributed by atoms with van der Waals surface area (Å²) in [7, 11) is 0. The molecule has 5 heteroatoms. The van der Waals surface area contributed by atoms with Gasteiger partial charge in [0.05, 0.1) is 17.9 Å². The van der Waals surface area contributed by atoms with Crippen LogP contribution in [-0.2, 0) is 11.3 Å². The fraction of sp³-hybridized carbons (Fsp3) is 0.538. The van der Waals surface area contributed by atoms with Crippen molar-refractivity contribution in [2.45, 2.75) is 31.6 Å². The molecule has 2 fully saturated rings. The van der Waals surface area contributed by atoms with Crippen LogP contribution in [0.2, 0.25) is 0 Å². The lowest BCUT2D eigenvalue weighted by Gasteiger charge is -2.31. The fourth-order valence-electron chi connectivity index (χ4n) is 2.74. The molecule has 2 aliphatic rings. The Hall–Kier alpha value is -1.46. The third kappa shape index (κ3) is 2.37. The normalized spacial score (nSPS) is 27.3. The summed E-state index contributed by atoms with van der Waals surface area (Å²) in [5.41, 5.74) is 0.930. The van der Waals surface area contributed by atoms with E-state index in [2.05, 4.69) is 9.88 Å². The lowest BCUT2D eigenvalue weighted by Crippen LogP contribution is -2.42. The number of rotatable bonds is 3. The second-order valence-corrected chi connectivity index (χ2v) is 4.97. The summed E-state index contributed by atoms with van der Waals surface area (Å²) in [6.07, 6.45) is 2.99. The molecule has 2 aliphatic heterocycles. The van der Waals surface area contributed by atoms with Crippen molar-refractivity contribution in [3.05, 3.63) is 29.6 Å². The molecule has 0 spiro atoms. The number of carboxylic acids is 1. The van der Waals surface area contributed by atoms with Crippen molar-refractivity contribution in [3.63, 3.8) is 0 Å². The van der Waals surface area contributed by atoms with Crippen molar-refractivity contribution in [2.24, 2.45) is 0 Å². The highest BCUT2D eigenvalue weighted by Crippen LogP contribution is 2.26. The molecule has 2 unspecified atom stereocenters. The van der Waals surface area contributed by atoms with Gasteiger partial charge in [-0.25, -0.2) is 9.78 Å². The van der Waals surface area contributed by atoms with Crippen molar-refractivity contribution in [1.82, 2.24) is 9.88 Å². The van der Waals surface area contributed by atoms with E-state index in [4.69, 9.17) is 9.84 Å². The molecule has 2 atom stereocenters. The highest BCUT2D eigenvalue weighted by atomic mass is 16.5. The summed E-state index contributed by atoms with van der Waals surface area (Å²) in [6.45, 7) is 2.56. The topological polar surface area (TPSA) is 62.7 Å². The first-order valence-electron chi connectivity index (χ1n) is 6.28. The molecule has 18 heavy (non-hydrogen) atoms. The Morgan fingerprint density at radius 1 is 1.39 bits per heavy atom. The Labute approximate surface area is 105 Å². The monoisotopic (exact) mass is 248 g/mol. The van der Waals surface area contributed by atoms with E-state index in [0.29, 0.717) is 18.8 Å². The molecular formula is C13H16N2O3. The van der Waals surface area contributed by atoms with Gasteiger partial charge in [-0.3, -0.25) is 4.90 Å². The minimum absolute atomic E-state index is 0.115. The third-order valence-corrected chi connectivity index (χ3v) is 3.53. The molecule has 0 radical (unpaired) electrons. The number of aromatic carboxylic acids is 1. The summed E-state index contributed by atoms with van der Waals surface area (Å²) < 4.78 is 5.77. The number of carboxylic acid groups (broad SMARTS) is 1. The molecule has 96 valence electrons. The standard InChI is InChI=1S/C13H16N2O3/c16-13(17)12-3-1-2-9(14-12)6-15-7-10-4-5-11(8-15)18-10/h1-3,10-11H,4-8H2,(H,16,17). The van der Waals surface area contributed by atoms with Gasteiger partial charge in [-0.1, -0.05) is 6.07 Å². The molecule has 1 aromatic rings. The van der Waals surface area contributed by atoms with E-state index in [1.54, 1.807) is 6.07 Å². The highest BCUT2D eigenvalue weighted by Gasteiger charge is 2.33. The first-order valence-corrected chi connectivity index (χ1v) is 6.28. The van der Waals surface area contributed by atoms with Crippen molar-refractivity contribution in [3.8, 4) is 0 Å². The maximum absolute atomic E-state index is 10.9. The maximum atomic E-state index is 10.9. The van der Waals surface area contributed by atoms with E-state index in [1.807, 2.05) is 6.07 Å². The third-order valence-electron chi connectivity index (χ3n) is 3.53. The van der Waals surface area contributed by atoms with Crippen LogP contribution in [0, 0.1) is 0 Å². The number of nitrogens with zero attached hydrogens (tertiary/aromatic N) is 2. The van der Waals surface area contributed by atoms with Crippen LogP contribution in [-0.4, -0.2) is 46.3 Å². The minimum atomic E-state index is -0.973. The molecule has 3 rings (SSSR count). The van der Waals surface area contributed by atoms with Crippen LogP contribution < -0.4 is 0 Å². The Kier molecular flexibility index (Phi) is 3.01. The quantitative estimate of drug-likeness (QED) is 0.869. The van der Waals surface area contributed by atoms with Crippen molar-refractivity contribution in [1.29, 1.82) is 0 Å². The van der Waals surface area contributed by atoms with Crippen molar-refractivity contribution < 1.29 is 14.6 Å². The van der Waals surface area contributed by atoms with Gasteiger partial charge in [0.1, 0.15) is 5.69 Å². The Morgan fingerprint density at radius 3 is 2.78 bits per heavy atom. The van der Waals surface area contributed by atoms with Gasteiger partial charge in [0.2, 0.25) is 0 Å². The fourth-order valence-corrected chi connectivity index (χ4v) is 2.74. The van der Waals surface area contributed by atoms with Crippen LogP contribution in [0.4, 0.5) is 0 Å². The van der Waals surface area contributed by atoms with Gasteiger partial charge in [0.15, 0.2) is 0 Å². The number of morpholine rings is 1. The number of ether oxygens (including phenoxy) is 1. The van der Waals surface area contributed by atoms with Crippen LogP contribution in [0.15, 0.2) is 18.2 Å². The summed E-state index contributed by atoms with van der Waals surface area (Å²) in [5.74, 6) is -0.973. The number of pyridine rings is 1. The van der Waals surface area contributed by atoms with Gasteiger partial charge >= 0.3 is 5.97 Å². The van der Waals surface area contributed by atoms with Crippen LogP contribution in [0.1, 0.15) is 29.0 Å². The summed E-state index contributed by atoms with van der Waals surface area (Å²) >= 11 is 0. The first-order chi connectivity index (χ1) is 8.70. The molecule has 5 nitrogen and oxygen atoms in total.